The number of carbonyl (C=O) groups excluding carboxylic acids is 1. The molecule has 1 aromatic carbocycles. The zero-order valence-electron chi connectivity index (χ0n) is 14.6. The summed E-state index contributed by atoms with van der Waals surface area (Å²) in [5, 5.41) is 6.17. The average Bonchev–Trinajstić information content (AvgIpc) is 3.43. The van der Waals surface area contributed by atoms with Crippen molar-refractivity contribution >= 4 is 11.7 Å². The molecule has 0 aliphatic heterocycles. The van der Waals surface area contributed by atoms with E-state index in [4.69, 9.17) is 9.47 Å². The Balaban J connectivity index is 1.70. The monoisotopic (exact) mass is 342 g/mol. The largest absolute Gasteiger partial charge is 0.493 e. The first kappa shape index (κ1) is 17.0. The highest BCUT2D eigenvalue weighted by molar-refractivity contribution is 5.93. The molecule has 7 nitrogen and oxygen atoms in total. The number of aryl methyl sites for hydroxylation is 1. The molecule has 0 saturated heterocycles. The van der Waals surface area contributed by atoms with E-state index in [1.807, 2.05) is 18.2 Å². The fourth-order valence-electron chi connectivity index (χ4n) is 2.44. The molecular formula is C18H22N4O3. The third-order valence-corrected chi connectivity index (χ3v) is 3.90. The van der Waals surface area contributed by atoms with E-state index in [1.165, 1.54) is 0 Å². The van der Waals surface area contributed by atoms with Gasteiger partial charge < -0.3 is 20.1 Å². The Morgan fingerprint density at radius 1 is 1.16 bits per heavy atom. The summed E-state index contributed by atoms with van der Waals surface area (Å²) in [6.45, 7) is 2.32. The Kier molecular flexibility index (Phi) is 5.02. The van der Waals surface area contributed by atoms with E-state index in [9.17, 15) is 4.79 Å². The second-order valence-electron chi connectivity index (χ2n) is 5.98. The Morgan fingerprint density at radius 3 is 2.60 bits per heavy atom. The van der Waals surface area contributed by atoms with Gasteiger partial charge >= 0.3 is 0 Å². The van der Waals surface area contributed by atoms with Crippen molar-refractivity contribution in [1.82, 2.24) is 15.3 Å². The summed E-state index contributed by atoms with van der Waals surface area (Å²) in [4.78, 5) is 20.7. The van der Waals surface area contributed by atoms with Crippen LogP contribution in [0.4, 0.5) is 5.82 Å². The zero-order chi connectivity index (χ0) is 17.8. The van der Waals surface area contributed by atoms with E-state index in [1.54, 1.807) is 27.2 Å². The number of nitrogens with zero attached hydrogens (tertiary/aromatic N) is 2. The quantitative estimate of drug-likeness (QED) is 0.803. The smallest absolute Gasteiger partial charge is 0.270 e. The van der Waals surface area contributed by atoms with Crippen LogP contribution in [0.2, 0.25) is 0 Å². The van der Waals surface area contributed by atoms with Gasteiger partial charge in [0.15, 0.2) is 11.5 Å². The Labute approximate surface area is 146 Å². The molecule has 0 bridgehead atoms. The standard InChI is InChI=1S/C18H22N4O3/c1-11-20-14(18(23)22-13-5-6-13)9-17(21-11)19-10-12-4-7-15(24-2)16(8-12)25-3/h4,7-9,13H,5-6,10H2,1-3H3,(H,22,23)(H,19,20,21). The topological polar surface area (TPSA) is 85.4 Å². The molecule has 0 spiro atoms. The molecule has 7 heteroatoms. The van der Waals surface area contributed by atoms with Crippen LogP contribution in [0.3, 0.4) is 0 Å². The van der Waals surface area contributed by atoms with Crippen LogP contribution in [0.5, 0.6) is 11.5 Å². The Hall–Kier alpha value is -2.83. The molecule has 2 aromatic rings. The predicted molar refractivity (Wildman–Crippen MR) is 94.1 cm³/mol. The van der Waals surface area contributed by atoms with Gasteiger partial charge in [-0.1, -0.05) is 6.07 Å². The molecule has 1 saturated carbocycles. The lowest BCUT2D eigenvalue weighted by Crippen LogP contribution is -2.26. The molecule has 1 amide bonds. The number of rotatable bonds is 7. The van der Waals surface area contributed by atoms with Gasteiger partial charge in [0, 0.05) is 18.7 Å². The van der Waals surface area contributed by atoms with Crippen LogP contribution in [-0.2, 0) is 6.54 Å². The zero-order valence-corrected chi connectivity index (χ0v) is 14.6. The molecule has 25 heavy (non-hydrogen) atoms. The maximum atomic E-state index is 12.2. The summed E-state index contributed by atoms with van der Waals surface area (Å²) in [7, 11) is 3.21. The van der Waals surface area contributed by atoms with Crippen LogP contribution in [0.1, 0.15) is 34.7 Å². The predicted octanol–water partition coefficient (Wildman–Crippen LogP) is 2.31. The number of anilines is 1. The second-order valence-corrected chi connectivity index (χ2v) is 5.98. The molecule has 1 aliphatic carbocycles. The highest BCUT2D eigenvalue weighted by Crippen LogP contribution is 2.27. The van der Waals surface area contributed by atoms with Gasteiger partial charge in [0.1, 0.15) is 17.3 Å². The molecule has 0 atom stereocenters. The number of amides is 1. The first-order valence-electron chi connectivity index (χ1n) is 8.20. The molecule has 132 valence electrons. The summed E-state index contributed by atoms with van der Waals surface area (Å²) in [5.74, 6) is 2.37. The van der Waals surface area contributed by atoms with Gasteiger partial charge in [-0.15, -0.1) is 0 Å². The van der Waals surface area contributed by atoms with Crippen LogP contribution < -0.4 is 20.1 Å². The Bertz CT molecular complexity index is 775. The average molecular weight is 342 g/mol. The van der Waals surface area contributed by atoms with Gasteiger partial charge in [0.2, 0.25) is 0 Å². The lowest BCUT2D eigenvalue weighted by atomic mass is 10.2. The van der Waals surface area contributed by atoms with Crippen LogP contribution in [0.25, 0.3) is 0 Å². The van der Waals surface area contributed by atoms with Crippen molar-refractivity contribution in [3.05, 3.63) is 41.3 Å². The van der Waals surface area contributed by atoms with Crippen molar-refractivity contribution in [3.63, 3.8) is 0 Å². The lowest BCUT2D eigenvalue weighted by molar-refractivity contribution is 0.0945. The first-order chi connectivity index (χ1) is 12.1. The number of hydrogen-bond acceptors (Lipinski definition) is 6. The van der Waals surface area contributed by atoms with Gasteiger partial charge in [0.05, 0.1) is 14.2 Å². The minimum absolute atomic E-state index is 0.151. The van der Waals surface area contributed by atoms with Crippen LogP contribution in [0, 0.1) is 6.92 Å². The number of ether oxygens (including phenoxy) is 2. The lowest BCUT2D eigenvalue weighted by Gasteiger charge is -2.11. The molecule has 1 heterocycles. The van der Waals surface area contributed by atoms with Gasteiger partial charge in [-0.05, 0) is 37.5 Å². The maximum Gasteiger partial charge on any atom is 0.270 e. The third kappa shape index (κ3) is 4.37. The van der Waals surface area contributed by atoms with Crippen LogP contribution >= 0.6 is 0 Å². The van der Waals surface area contributed by atoms with E-state index in [-0.39, 0.29) is 5.91 Å². The van der Waals surface area contributed by atoms with Crippen molar-refractivity contribution < 1.29 is 14.3 Å². The number of carbonyl (C=O) groups is 1. The number of aromatic nitrogens is 2. The van der Waals surface area contributed by atoms with Gasteiger partial charge in [-0.3, -0.25) is 4.79 Å². The molecule has 0 radical (unpaired) electrons. The molecule has 0 unspecified atom stereocenters. The minimum atomic E-state index is -0.151. The second kappa shape index (κ2) is 7.38. The van der Waals surface area contributed by atoms with E-state index in [0.717, 1.165) is 18.4 Å². The SMILES string of the molecule is COc1ccc(CNc2cc(C(=O)NC3CC3)nc(C)n2)cc1OC. The normalized spacial score (nSPS) is 13.2. The van der Waals surface area contributed by atoms with E-state index in [2.05, 4.69) is 20.6 Å². The molecular weight excluding hydrogens is 320 g/mol. The van der Waals surface area contributed by atoms with Crippen LogP contribution in [0.15, 0.2) is 24.3 Å². The van der Waals surface area contributed by atoms with Crippen molar-refractivity contribution in [2.45, 2.75) is 32.4 Å². The number of hydrogen-bond donors (Lipinski definition) is 2. The minimum Gasteiger partial charge on any atom is -0.493 e. The van der Waals surface area contributed by atoms with Gasteiger partial charge in [0.25, 0.3) is 5.91 Å². The first-order valence-corrected chi connectivity index (χ1v) is 8.20. The molecule has 1 aliphatic rings. The Morgan fingerprint density at radius 2 is 1.92 bits per heavy atom. The van der Waals surface area contributed by atoms with E-state index < -0.39 is 0 Å². The molecule has 2 N–H and O–H groups in total. The van der Waals surface area contributed by atoms with Crippen LogP contribution in [-0.4, -0.2) is 36.1 Å². The van der Waals surface area contributed by atoms with Crippen molar-refractivity contribution in [3.8, 4) is 11.5 Å². The summed E-state index contributed by atoms with van der Waals surface area (Å²) >= 11 is 0. The highest BCUT2D eigenvalue weighted by atomic mass is 16.5. The maximum absolute atomic E-state index is 12.2. The van der Waals surface area contributed by atoms with Crippen molar-refractivity contribution in [2.75, 3.05) is 19.5 Å². The number of methoxy groups -OCH3 is 2. The third-order valence-electron chi connectivity index (χ3n) is 3.90. The number of nitrogens with one attached hydrogen (secondary N) is 2. The molecule has 1 aromatic heterocycles. The van der Waals surface area contributed by atoms with Crippen molar-refractivity contribution in [2.24, 2.45) is 0 Å². The fraction of sp³-hybridized carbons (Fsp3) is 0.389. The summed E-state index contributed by atoms with van der Waals surface area (Å²) in [6, 6.07) is 7.68. The van der Waals surface area contributed by atoms with Gasteiger partial charge in [-0.2, -0.15) is 0 Å². The van der Waals surface area contributed by atoms with Crippen molar-refractivity contribution in [1.29, 1.82) is 0 Å². The van der Waals surface area contributed by atoms with E-state index in [0.29, 0.717) is 41.4 Å². The summed E-state index contributed by atoms with van der Waals surface area (Å²) < 4.78 is 10.5. The fourth-order valence-corrected chi connectivity index (χ4v) is 2.44. The number of benzene rings is 1. The summed E-state index contributed by atoms with van der Waals surface area (Å²) in [6.07, 6.45) is 2.08. The summed E-state index contributed by atoms with van der Waals surface area (Å²) in [5.41, 5.74) is 1.40. The van der Waals surface area contributed by atoms with E-state index >= 15 is 0 Å². The van der Waals surface area contributed by atoms with Gasteiger partial charge in [-0.25, -0.2) is 9.97 Å². The highest BCUT2D eigenvalue weighted by Gasteiger charge is 2.24. The molecule has 1 fully saturated rings. The molecule has 3 rings (SSSR count).